The molecule has 3 aromatic rings. The summed E-state index contributed by atoms with van der Waals surface area (Å²) < 4.78 is 22.8. The number of hydrogen-bond acceptors (Lipinski definition) is 4. The number of hydrogen-bond donors (Lipinski definition) is 2. The predicted molar refractivity (Wildman–Crippen MR) is 104 cm³/mol. The highest BCUT2D eigenvalue weighted by Crippen LogP contribution is 2.21. The van der Waals surface area contributed by atoms with Crippen molar-refractivity contribution in [3.63, 3.8) is 0 Å². The van der Waals surface area contributed by atoms with E-state index >= 15 is 0 Å². The molecule has 0 heterocycles. The van der Waals surface area contributed by atoms with Crippen LogP contribution in [0.5, 0.6) is 0 Å². The van der Waals surface area contributed by atoms with Gasteiger partial charge < -0.3 is 10.2 Å². The third kappa shape index (κ3) is 4.19. The minimum Gasteiger partial charge on any atom is -0.365 e. The molecule has 26 heavy (non-hydrogen) atoms. The molecule has 134 valence electrons. The molecule has 6 nitrogen and oxygen atoms in total. The van der Waals surface area contributed by atoms with Crippen molar-refractivity contribution in [1.82, 2.24) is 0 Å². The number of amides is 1. The van der Waals surface area contributed by atoms with Crippen molar-refractivity contribution in [3.05, 3.63) is 66.7 Å². The maximum atomic E-state index is 12.3. The summed E-state index contributed by atoms with van der Waals surface area (Å²) in [5.41, 5.74) is 1.30. The van der Waals surface area contributed by atoms with Crippen LogP contribution in [0.25, 0.3) is 10.8 Å². The van der Waals surface area contributed by atoms with Gasteiger partial charge in [-0.1, -0.05) is 36.4 Å². The van der Waals surface area contributed by atoms with Gasteiger partial charge in [0, 0.05) is 18.4 Å². The van der Waals surface area contributed by atoms with Crippen LogP contribution in [0.4, 0.5) is 11.4 Å². The maximum Gasteiger partial charge on any atom is 0.243 e. The molecule has 0 saturated carbocycles. The van der Waals surface area contributed by atoms with Crippen molar-refractivity contribution >= 4 is 38.1 Å². The van der Waals surface area contributed by atoms with E-state index in [4.69, 9.17) is 5.14 Å². The lowest BCUT2D eigenvalue weighted by atomic mass is 10.1. The Kier molecular flexibility index (Phi) is 4.92. The highest BCUT2D eigenvalue weighted by atomic mass is 32.2. The van der Waals surface area contributed by atoms with Gasteiger partial charge in [-0.2, -0.15) is 0 Å². The van der Waals surface area contributed by atoms with Crippen molar-refractivity contribution in [2.24, 2.45) is 5.14 Å². The number of nitrogens with one attached hydrogen (secondary N) is 1. The van der Waals surface area contributed by atoms with Crippen molar-refractivity contribution in [1.29, 1.82) is 0 Å². The summed E-state index contributed by atoms with van der Waals surface area (Å²) in [6.45, 7) is 0.123. The lowest BCUT2D eigenvalue weighted by Crippen LogP contribution is -2.30. The molecule has 0 bridgehead atoms. The zero-order chi connectivity index (χ0) is 18.7. The fourth-order valence-electron chi connectivity index (χ4n) is 2.67. The predicted octanol–water partition coefficient (Wildman–Crippen LogP) is 2.56. The topological polar surface area (TPSA) is 92.5 Å². The second-order valence-electron chi connectivity index (χ2n) is 6.01. The van der Waals surface area contributed by atoms with Crippen LogP contribution in [0.15, 0.2) is 71.6 Å². The summed E-state index contributed by atoms with van der Waals surface area (Å²) in [7, 11) is -1.99. The van der Waals surface area contributed by atoms with Crippen LogP contribution in [-0.4, -0.2) is 27.9 Å². The van der Waals surface area contributed by atoms with Gasteiger partial charge in [0.05, 0.1) is 11.4 Å². The molecule has 3 N–H and O–H groups in total. The summed E-state index contributed by atoms with van der Waals surface area (Å²) >= 11 is 0. The number of primary sulfonamides is 1. The van der Waals surface area contributed by atoms with Gasteiger partial charge in [-0.15, -0.1) is 0 Å². The Morgan fingerprint density at radius 1 is 1.00 bits per heavy atom. The van der Waals surface area contributed by atoms with E-state index in [1.54, 1.807) is 6.07 Å². The summed E-state index contributed by atoms with van der Waals surface area (Å²) in [5, 5.41) is 10.0. The normalized spacial score (nSPS) is 11.3. The average molecular weight is 369 g/mol. The number of carbonyl (C=O) groups is 1. The number of rotatable bonds is 5. The molecular weight excluding hydrogens is 350 g/mol. The molecule has 3 aromatic carbocycles. The van der Waals surface area contributed by atoms with Crippen LogP contribution in [0.2, 0.25) is 0 Å². The molecule has 0 radical (unpaired) electrons. The average Bonchev–Trinajstić information content (AvgIpc) is 2.60. The standard InChI is InChI=1S/C19H19N3O3S/c1-22(17-10-9-14-5-2-3-6-15(14)11-17)13-19(23)21-16-7-4-8-18(12-16)26(20,24)25/h2-12H,13H2,1H3,(H,21,23)(H2,20,24,25). The molecule has 0 aliphatic heterocycles. The number of likely N-dealkylation sites (N-methyl/N-ethyl adjacent to an activating group) is 1. The second-order valence-corrected chi connectivity index (χ2v) is 7.57. The molecule has 0 saturated heterocycles. The first-order valence-electron chi connectivity index (χ1n) is 7.95. The second kappa shape index (κ2) is 7.15. The van der Waals surface area contributed by atoms with E-state index in [2.05, 4.69) is 5.32 Å². The number of anilines is 2. The molecule has 0 atom stereocenters. The van der Waals surface area contributed by atoms with Gasteiger partial charge in [-0.05, 0) is 41.1 Å². The van der Waals surface area contributed by atoms with Crippen LogP contribution in [-0.2, 0) is 14.8 Å². The third-order valence-electron chi connectivity index (χ3n) is 4.00. The Morgan fingerprint density at radius 3 is 2.46 bits per heavy atom. The summed E-state index contributed by atoms with van der Waals surface area (Å²) in [6, 6.07) is 19.8. The molecule has 0 aromatic heterocycles. The summed E-state index contributed by atoms with van der Waals surface area (Å²) in [5.74, 6) is -0.257. The Hall–Kier alpha value is -2.90. The molecular formula is C19H19N3O3S. The smallest absolute Gasteiger partial charge is 0.243 e. The van der Waals surface area contributed by atoms with E-state index in [0.717, 1.165) is 16.5 Å². The number of nitrogens with zero attached hydrogens (tertiary/aromatic N) is 1. The zero-order valence-electron chi connectivity index (χ0n) is 14.2. The number of benzene rings is 3. The zero-order valence-corrected chi connectivity index (χ0v) is 15.0. The first-order chi connectivity index (χ1) is 12.3. The Morgan fingerprint density at radius 2 is 1.73 bits per heavy atom. The largest absolute Gasteiger partial charge is 0.365 e. The van der Waals surface area contributed by atoms with Crippen molar-refractivity contribution < 1.29 is 13.2 Å². The Labute approximate surface area is 152 Å². The lowest BCUT2D eigenvalue weighted by Gasteiger charge is -2.19. The third-order valence-corrected chi connectivity index (χ3v) is 4.91. The van der Waals surface area contributed by atoms with Gasteiger partial charge in [-0.25, -0.2) is 13.6 Å². The number of sulfonamides is 1. The van der Waals surface area contributed by atoms with Gasteiger partial charge >= 0.3 is 0 Å². The van der Waals surface area contributed by atoms with Crippen LogP contribution < -0.4 is 15.4 Å². The van der Waals surface area contributed by atoms with Gasteiger partial charge in [-0.3, -0.25) is 4.79 Å². The van der Waals surface area contributed by atoms with Crippen molar-refractivity contribution in [3.8, 4) is 0 Å². The maximum absolute atomic E-state index is 12.3. The molecule has 0 spiro atoms. The summed E-state index contributed by atoms with van der Waals surface area (Å²) in [4.78, 5) is 14.1. The van der Waals surface area contributed by atoms with E-state index in [0.29, 0.717) is 5.69 Å². The van der Waals surface area contributed by atoms with Crippen LogP contribution in [0, 0.1) is 0 Å². The molecule has 7 heteroatoms. The van der Waals surface area contributed by atoms with E-state index in [1.807, 2.05) is 54.4 Å². The highest BCUT2D eigenvalue weighted by molar-refractivity contribution is 7.89. The first-order valence-corrected chi connectivity index (χ1v) is 9.50. The minimum absolute atomic E-state index is 0.0433. The Balaban J connectivity index is 1.71. The summed E-state index contributed by atoms with van der Waals surface area (Å²) in [6.07, 6.45) is 0. The van der Waals surface area contributed by atoms with Crippen LogP contribution in [0.3, 0.4) is 0 Å². The monoisotopic (exact) mass is 369 g/mol. The fraction of sp³-hybridized carbons (Fsp3) is 0.105. The SMILES string of the molecule is CN(CC(=O)Nc1cccc(S(N)(=O)=O)c1)c1ccc2ccccc2c1. The van der Waals surface area contributed by atoms with Gasteiger partial charge in [0.2, 0.25) is 15.9 Å². The molecule has 0 unspecified atom stereocenters. The van der Waals surface area contributed by atoms with Crippen LogP contribution >= 0.6 is 0 Å². The number of nitrogens with two attached hydrogens (primary N) is 1. The Bertz CT molecular complexity index is 1060. The van der Waals surface area contributed by atoms with Gasteiger partial charge in [0.25, 0.3) is 0 Å². The molecule has 0 aliphatic rings. The van der Waals surface area contributed by atoms with E-state index in [9.17, 15) is 13.2 Å². The van der Waals surface area contributed by atoms with E-state index in [1.165, 1.54) is 18.2 Å². The van der Waals surface area contributed by atoms with Crippen LogP contribution in [0.1, 0.15) is 0 Å². The van der Waals surface area contributed by atoms with E-state index in [-0.39, 0.29) is 17.3 Å². The quantitative estimate of drug-likeness (QED) is 0.723. The molecule has 1 amide bonds. The van der Waals surface area contributed by atoms with Crippen molar-refractivity contribution in [2.75, 3.05) is 23.8 Å². The van der Waals surface area contributed by atoms with E-state index < -0.39 is 10.0 Å². The molecule has 0 fully saturated rings. The number of carbonyl (C=O) groups excluding carboxylic acids is 1. The van der Waals surface area contributed by atoms with Gasteiger partial charge in [0.1, 0.15) is 0 Å². The molecule has 3 rings (SSSR count). The number of fused-ring (bicyclic) bond motifs is 1. The fourth-order valence-corrected chi connectivity index (χ4v) is 3.23. The van der Waals surface area contributed by atoms with Crippen molar-refractivity contribution in [2.45, 2.75) is 4.90 Å². The molecule has 0 aliphatic carbocycles. The minimum atomic E-state index is -3.81. The first kappa shape index (κ1) is 17.9. The van der Waals surface area contributed by atoms with Gasteiger partial charge in [0.15, 0.2) is 0 Å². The highest BCUT2D eigenvalue weighted by Gasteiger charge is 2.11. The lowest BCUT2D eigenvalue weighted by molar-refractivity contribution is -0.114.